The van der Waals surface area contributed by atoms with E-state index in [-0.39, 0.29) is 17.8 Å². The Bertz CT molecular complexity index is 274. The number of amides is 1. The van der Waals surface area contributed by atoms with E-state index in [4.69, 9.17) is 11.6 Å². The van der Waals surface area contributed by atoms with Crippen molar-refractivity contribution in [3.63, 3.8) is 0 Å². The van der Waals surface area contributed by atoms with Gasteiger partial charge in [-0.1, -0.05) is 12.1 Å². The molecule has 1 aromatic heterocycles. The SMILES string of the molecule is CCc1noc(NC(=O)CCl)n1. The Labute approximate surface area is 74.1 Å². The minimum absolute atomic E-state index is 0.0949. The number of alkyl halides is 1. The van der Waals surface area contributed by atoms with Gasteiger partial charge in [-0.25, -0.2) is 0 Å². The zero-order valence-corrected chi connectivity index (χ0v) is 7.26. The fraction of sp³-hybridized carbons (Fsp3) is 0.500. The van der Waals surface area contributed by atoms with Gasteiger partial charge in [-0.3, -0.25) is 10.1 Å². The van der Waals surface area contributed by atoms with Crippen LogP contribution in [-0.4, -0.2) is 21.9 Å². The Morgan fingerprint density at radius 3 is 3.00 bits per heavy atom. The molecule has 0 aliphatic heterocycles. The molecule has 0 unspecified atom stereocenters. The van der Waals surface area contributed by atoms with Crippen LogP contribution < -0.4 is 5.32 Å². The Kier molecular flexibility index (Phi) is 3.04. The van der Waals surface area contributed by atoms with Gasteiger partial charge in [0.2, 0.25) is 5.91 Å². The zero-order valence-electron chi connectivity index (χ0n) is 6.50. The lowest BCUT2D eigenvalue weighted by Gasteiger charge is -1.91. The van der Waals surface area contributed by atoms with Crippen LogP contribution in [0.1, 0.15) is 12.7 Å². The number of carbonyl (C=O) groups is 1. The summed E-state index contributed by atoms with van der Waals surface area (Å²) in [7, 11) is 0. The van der Waals surface area contributed by atoms with Crippen LogP contribution in [0.4, 0.5) is 6.01 Å². The molecular weight excluding hydrogens is 182 g/mol. The van der Waals surface area contributed by atoms with Gasteiger partial charge in [0.25, 0.3) is 0 Å². The second kappa shape index (κ2) is 4.06. The molecule has 66 valence electrons. The minimum atomic E-state index is -0.358. The summed E-state index contributed by atoms with van der Waals surface area (Å²) in [6, 6.07) is 0.0949. The van der Waals surface area contributed by atoms with Crippen molar-refractivity contribution in [2.45, 2.75) is 13.3 Å². The Morgan fingerprint density at radius 1 is 1.75 bits per heavy atom. The number of halogens is 1. The molecule has 1 aromatic rings. The monoisotopic (exact) mass is 189 g/mol. The van der Waals surface area contributed by atoms with Crippen LogP contribution in [0.2, 0.25) is 0 Å². The first-order valence-electron chi connectivity index (χ1n) is 3.44. The molecule has 0 radical (unpaired) electrons. The average Bonchev–Trinajstić information content (AvgIpc) is 2.52. The maximum Gasteiger partial charge on any atom is 0.328 e. The van der Waals surface area contributed by atoms with E-state index in [0.717, 1.165) is 0 Å². The fourth-order valence-corrected chi connectivity index (χ4v) is 0.668. The predicted octanol–water partition coefficient (Wildman–Crippen LogP) is 0.809. The van der Waals surface area contributed by atoms with Gasteiger partial charge in [-0.15, -0.1) is 11.6 Å². The van der Waals surface area contributed by atoms with Crippen molar-refractivity contribution in [1.82, 2.24) is 10.1 Å². The average molecular weight is 190 g/mol. The molecule has 1 heterocycles. The van der Waals surface area contributed by atoms with Crippen molar-refractivity contribution in [2.75, 3.05) is 11.2 Å². The van der Waals surface area contributed by atoms with Crippen molar-refractivity contribution in [3.05, 3.63) is 5.82 Å². The minimum Gasteiger partial charge on any atom is -0.315 e. The molecule has 0 aliphatic carbocycles. The number of nitrogens with one attached hydrogen (secondary N) is 1. The number of hydrogen-bond donors (Lipinski definition) is 1. The van der Waals surface area contributed by atoms with Crippen molar-refractivity contribution < 1.29 is 9.32 Å². The van der Waals surface area contributed by atoms with Gasteiger partial charge in [0, 0.05) is 6.42 Å². The number of carbonyl (C=O) groups excluding carboxylic acids is 1. The molecule has 6 heteroatoms. The van der Waals surface area contributed by atoms with E-state index in [2.05, 4.69) is 20.0 Å². The van der Waals surface area contributed by atoms with E-state index in [0.29, 0.717) is 12.2 Å². The van der Waals surface area contributed by atoms with Crippen molar-refractivity contribution in [2.24, 2.45) is 0 Å². The van der Waals surface area contributed by atoms with Crippen LogP contribution in [0.3, 0.4) is 0 Å². The molecule has 0 spiro atoms. The third-order valence-electron chi connectivity index (χ3n) is 1.15. The molecule has 0 saturated heterocycles. The summed E-state index contributed by atoms with van der Waals surface area (Å²) < 4.78 is 4.68. The van der Waals surface area contributed by atoms with Crippen molar-refractivity contribution >= 4 is 23.5 Å². The molecule has 0 bridgehead atoms. The summed E-state index contributed by atoms with van der Waals surface area (Å²) in [6.45, 7) is 1.89. The van der Waals surface area contributed by atoms with Gasteiger partial charge in [-0.05, 0) is 0 Å². The summed E-state index contributed by atoms with van der Waals surface area (Å²) >= 11 is 5.24. The van der Waals surface area contributed by atoms with E-state index in [1.54, 1.807) is 0 Å². The van der Waals surface area contributed by atoms with Crippen LogP contribution in [0, 0.1) is 0 Å². The van der Waals surface area contributed by atoms with Gasteiger partial charge in [-0.2, -0.15) is 4.98 Å². The molecule has 5 nitrogen and oxygen atoms in total. The second-order valence-corrected chi connectivity index (χ2v) is 2.32. The first-order valence-corrected chi connectivity index (χ1v) is 3.98. The summed E-state index contributed by atoms with van der Waals surface area (Å²) in [5.74, 6) is 0.0759. The highest BCUT2D eigenvalue weighted by atomic mass is 35.5. The molecule has 1 N–H and O–H groups in total. The zero-order chi connectivity index (χ0) is 8.97. The maximum atomic E-state index is 10.7. The Balaban J connectivity index is 2.58. The van der Waals surface area contributed by atoms with E-state index < -0.39 is 0 Å². The van der Waals surface area contributed by atoms with Crippen LogP contribution in [0.15, 0.2) is 4.52 Å². The molecule has 1 rings (SSSR count). The second-order valence-electron chi connectivity index (χ2n) is 2.05. The van der Waals surface area contributed by atoms with Gasteiger partial charge in [0.1, 0.15) is 5.88 Å². The number of anilines is 1. The normalized spacial score (nSPS) is 9.83. The van der Waals surface area contributed by atoms with Crippen LogP contribution >= 0.6 is 11.6 Å². The number of nitrogens with zero attached hydrogens (tertiary/aromatic N) is 2. The van der Waals surface area contributed by atoms with Crippen LogP contribution in [-0.2, 0) is 11.2 Å². The molecule has 0 aliphatic rings. The largest absolute Gasteiger partial charge is 0.328 e. The van der Waals surface area contributed by atoms with Crippen LogP contribution in [0.5, 0.6) is 0 Å². The maximum absolute atomic E-state index is 10.7. The number of rotatable bonds is 3. The third-order valence-corrected chi connectivity index (χ3v) is 1.39. The first kappa shape index (κ1) is 8.99. The van der Waals surface area contributed by atoms with E-state index in [1.165, 1.54) is 0 Å². The number of aromatic nitrogens is 2. The van der Waals surface area contributed by atoms with E-state index >= 15 is 0 Å². The Morgan fingerprint density at radius 2 is 2.50 bits per heavy atom. The molecule has 0 saturated carbocycles. The van der Waals surface area contributed by atoms with Crippen molar-refractivity contribution in [3.8, 4) is 0 Å². The summed E-state index contributed by atoms with van der Waals surface area (Å²) in [5.41, 5.74) is 0. The lowest BCUT2D eigenvalue weighted by atomic mass is 10.5. The molecule has 0 atom stereocenters. The molecule has 12 heavy (non-hydrogen) atoms. The fourth-order valence-electron chi connectivity index (χ4n) is 0.601. The summed E-state index contributed by atoms with van der Waals surface area (Å²) in [4.78, 5) is 14.6. The first-order chi connectivity index (χ1) is 5.76. The number of hydrogen-bond acceptors (Lipinski definition) is 4. The highest BCUT2D eigenvalue weighted by Crippen LogP contribution is 2.03. The smallest absolute Gasteiger partial charge is 0.315 e. The molecule has 0 aromatic carbocycles. The highest BCUT2D eigenvalue weighted by molar-refractivity contribution is 6.28. The highest BCUT2D eigenvalue weighted by Gasteiger charge is 2.06. The van der Waals surface area contributed by atoms with Gasteiger partial charge < -0.3 is 4.52 Å². The van der Waals surface area contributed by atoms with E-state index in [1.807, 2.05) is 6.92 Å². The summed E-state index contributed by atoms with van der Waals surface area (Å²) in [5, 5.41) is 5.91. The predicted molar refractivity (Wildman–Crippen MR) is 43.0 cm³/mol. The summed E-state index contributed by atoms with van der Waals surface area (Å²) in [6.07, 6.45) is 0.667. The lowest BCUT2D eigenvalue weighted by molar-refractivity contribution is -0.114. The Hall–Kier alpha value is -1.10. The van der Waals surface area contributed by atoms with E-state index in [9.17, 15) is 4.79 Å². The van der Waals surface area contributed by atoms with Gasteiger partial charge in [0.05, 0.1) is 0 Å². The van der Waals surface area contributed by atoms with Gasteiger partial charge in [0.15, 0.2) is 5.82 Å². The topological polar surface area (TPSA) is 68.0 Å². The standard InChI is InChI=1S/C6H8ClN3O2/c1-2-4-8-6(12-10-4)9-5(11)3-7/h2-3H2,1H3,(H,8,9,10,11). The lowest BCUT2D eigenvalue weighted by Crippen LogP contribution is -2.12. The van der Waals surface area contributed by atoms with Gasteiger partial charge >= 0.3 is 6.01 Å². The third kappa shape index (κ3) is 2.20. The van der Waals surface area contributed by atoms with Crippen molar-refractivity contribution in [1.29, 1.82) is 0 Å². The molecule has 1 amide bonds. The number of aryl methyl sites for hydroxylation is 1. The molecule has 0 fully saturated rings. The molecular formula is C6H8ClN3O2. The van der Waals surface area contributed by atoms with Crippen LogP contribution in [0.25, 0.3) is 0 Å². The quantitative estimate of drug-likeness (QED) is 0.715.